The summed E-state index contributed by atoms with van der Waals surface area (Å²) in [5, 5.41) is 3.48. The molecule has 18 heavy (non-hydrogen) atoms. The van der Waals surface area contributed by atoms with Crippen LogP contribution in [0.2, 0.25) is 0 Å². The van der Waals surface area contributed by atoms with Crippen LogP contribution in [0.15, 0.2) is 0 Å². The van der Waals surface area contributed by atoms with Gasteiger partial charge in [-0.3, -0.25) is 4.79 Å². The lowest BCUT2D eigenvalue weighted by Gasteiger charge is -2.40. The number of nitrogens with zero attached hydrogens (tertiary/aromatic N) is 1. The third-order valence-electron chi connectivity index (χ3n) is 4.63. The molecule has 0 spiro atoms. The van der Waals surface area contributed by atoms with Crippen LogP contribution >= 0.6 is 0 Å². The van der Waals surface area contributed by atoms with Crippen LogP contribution in [0.5, 0.6) is 0 Å². The van der Waals surface area contributed by atoms with Crippen molar-refractivity contribution in [2.24, 2.45) is 5.92 Å². The van der Waals surface area contributed by atoms with Gasteiger partial charge in [-0.2, -0.15) is 0 Å². The van der Waals surface area contributed by atoms with Crippen LogP contribution in [-0.2, 0) is 9.53 Å². The zero-order valence-electron chi connectivity index (χ0n) is 11.9. The Bertz CT molecular complexity index is 298. The number of hydrogen-bond donors (Lipinski definition) is 1. The van der Waals surface area contributed by atoms with E-state index in [1.54, 1.807) is 0 Å². The summed E-state index contributed by atoms with van der Waals surface area (Å²) in [6.45, 7) is 7.50. The van der Waals surface area contributed by atoms with E-state index in [1.807, 2.05) is 0 Å². The van der Waals surface area contributed by atoms with Gasteiger partial charge in [0.15, 0.2) is 0 Å². The number of esters is 1. The van der Waals surface area contributed by atoms with Crippen LogP contribution in [-0.4, -0.2) is 49.2 Å². The molecule has 1 N–H and O–H groups in total. The highest BCUT2D eigenvalue weighted by Gasteiger charge is 2.49. The van der Waals surface area contributed by atoms with Crippen molar-refractivity contribution in [2.75, 3.05) is 26.7 Å². The topological polar surface area (TPSA) is 41.6 Å². The van der Waals surface area contributed by atoms with E-state index < -0.39 is 5.54 Å². The lowest BCUT2D eigenvalue weighted by atomic mass is 9.77. The quantitative estimate of drug-likeness (QED) is 0.773. The van der Waals surface area contributed by atoms with Crippen molar-refractivity contribution in [2.45, 2.75) is 51.1 Å². The highest BCUT2D eigenvalue weighted by Crippen LogP contribution is 2.35. The van der Waals surface area contributed by atoms with E-state index in [0.717, 1.165) is 38.9 Å². The zero-order valence-corrected chi connectivity index (χ0v) is 11.9. The molecular formula is C14H26N2O2. The van der Waals surface area contributed by atoms with Gasteiger partial charge in [0.05, 0.1) is 7.11 Å². The van der Waals surface area contributed by atoms with Gasteiger partial charge in [-0.05, 0) is 52.6 Å². The van der Waals surface area contributed by atoms with Gasteiger partial charge < -0.3 is 15.0 Å². The van der Waals surface area contributed by atoms with Gasteiger partial charge in [0.1, 0.15) is 5.54 Å². The summed E-state index contributed by atoms with van der Waals surface area (Å²) >= 11 is 0. The predicted molar refractivity (Wildman–Crippen MR) is 71.4 cm³/mol. The molecule has 2 atom stereocenters. The number of ether oxygens (including phenoxy) is 1. The number of methoxy groups -OCH3 is 1. The van der Waals surface area contributed by atoms with Crippen molar-refractivity contribution >= 4 is 5.97 Å². The fourth-order valence-electron chi connectivity index (χ4n) is 3.46. The van der Waals surface area contributed by atoms with E-state index in [2.05, 4.69) is 24.1 Å². The zero-order chi connectivity index (χ0) is 13.2. The predicted octanol–water partition coefficient (Wildman–Crippen LogP) is 1.40. The summed E-state index contributed by atoms with van der Waals surface area (Å²) < 4.78 is 5.08. The summed E-state index contributed by atoms with van der Waals surface area (Å²) in [7, 11) is 1.51. The first-order chi connectivity index (χ1) is 8.60. The normalized spacial score (nSPS) is 33.9. The Hall–Kier alpha value is -0.610. The molecule has 0 radical (unpaired) electrons. The third kappa shape index (κ3) is 2.41. The number of likely N-dealkylation sites (tertiary alicyclic amines) is 1. The maximum absolute atomic E-state index is 12.2. The standard InChI is InChI=1S/C14H26N2O2/c1-11(2)16-9-6-12(10-16)14(13(17)18-3)7-4-5-8-15-14/h11-12,15H,4-10H2,1-3H3. The maximum atomic E-state index is 12.2. The van der Waals surface area contributed by atoms with Crippen molar-refractivity contribution in [3.8, 4) is 0 Å². The molecule has 0 bridgehead atoms. The smallest absolute Gasteiger partial charge is 0.326 e. The van der Waals surface area contributed by atoms with Crippen LogP contribution in [0, 0.1) is 5.92 Å². The van der Waals surface area contributed by atoms with E-state index in [-0.39, 0.29) is 5.97 Å². The molecule has 2 heterocycles. The molecule has 2 aliphatic rings. The highest BCUT2D eigenvalue weighted by molar-refractivity contribution is 5.81. The minimum atomic E-state index is -0.420. The summed E-state index contributed by atoms with van der Waals surface area (Å²) in [5.41, 5.74) is -0.420. The Morgan fingerprint density at radius 3 is 2.72 bits per heavy atom. The highest BCUT2D eigenvalue weighted by atomic mass is 16.5. The molecule has 0 amide bonds. The fraction of sp³-hybridized carbons (Fsp3) is 0.929. The van der Waals surface area contributed by atoms with E-state index >= 15 is 0 Å². The Kier molecular flexibility index (Phi) is 4.28. The van der Waals surface area contributed by atoms with Gasteiger partial charge in [-0.1, -0.05) is 0 Å². The maximum Gasteiger partial charge on any atom is 0.326 e. The second-order valence-corrected chi connectivity index (χ2v) is 5.92. The molecular weight excluding hydrogens is 228 g/mol. The van der Waals surface area contributed by atoms with Crippen molar-refractivity contribution in [3.63, 3.8) is 0 Å². The Morgan fingerprint density at radius 1 is 1.44 bits per heavy atom. The molecule has 2 unspecified atom stereocenters. The Morgan fingerprint density at radius 2 is 2.22 bits per heavy atom. The molecule has 2 saturated heterocycles. The summed E-state index contributed by atoms with van der Waals surface area (Å²) in [6.07, 6.45) is 4.32. The summed E-state index contributed by atoms with van der Waals surface area (Å²) in [5.74, 6) is 0.338. The molecule has 104 valence electrons. The SMILES string of the molecule is COC(=O)C1(C2CCN(C(C)C)C2)CCCCN1. The van der Waals surface area contributed by atoms with Gasteiger partial charge in [-0.15, -0.1) is 0 Å². The average Bonchev–Trinajstić information content (AvgIpc) is 2.88. The first-order valence-electron chi connectivity index (χ1n) is 7.17. The molecule has 4 heteroatoms. The number of rotatable bonds is 3. The molecule has 0 aromatic carbocycles. The van der Waals surface area contributed by atoms with Crippen molar-refractivity contribution in [1.82, 2.24) is 10.2 Å². The first kappa shape index (κ1) is 13.8. The van der Waals surface area contributed by atoms with Gasteiger partial charge in [-0.25, -0.2) is 0 Å². The Labute approximate surface area is 110 Å². The van der Waals surface area contributed by atoms with Crippen LogP contribution in [0.4, 0.5) is 0 Å². The molecule has 2 rings (SSSR count). The van der Waals surface area contributed by atoms with Crippen LogP contribution in [0.25, 0.3) is 0 Å². The summed E-state index contributed by atoms with van der Waals surface area (Å²) in [4.78, 5) is 14.7. The van der Waals surface area contributed by atoms with Gasteiger partial charge in [0, 0.05) is 18.5 Å². The van der Waals surface area contributed by atoms with E-state index in [1.165, 1.54) is 13.5 Å². The van der Waals surface area contributed by atoms with E-state index in [9.17, 15) is 4.79 Å². The van der Waals surface area contributed by atoms with Crippen LogP contribution < -0.4 is 5.32 Å². The number of carbonyl (C=O) groups is 1. The minimum Gasteiger partial charge on any atom is -0.468 e. The lowest BCUT2D eigenvalue weighted by molar-refractivity contribution is -0.152. The van der Waals surface area contributed by atoms with Gasteiger partial charge in [0.2, 0.25) is 0 Å². The molecule has 0 aromatic rings. The second-order valence-electron chi connectivity index (χ2n) is 5.92. The Balaban J connectivity index is 2.12. The number of carbonyl (C=O) groups excluding carboxylic acids is 1. The molecule has 0 saturated carbocycles. The van der Waals surface area contributed by atoms with Crippen LogP contribution in [0.1, 0.15) is 39.5 Å². The largest absolute Gasteiger partial charge is 0.468 e. The molecule has 0 aliphatic carbocycles. The summed E-state index contributed by atoms with van der Waals surface area (Å²) in [6, 6.07) is 0.563. The number of piperidine rings is 1. The second kappa shape index (κ2) is 5.57. The van der Waals surface area contributed by atoms with Gasteiger partial charge in [0.25, 0.3) is 0 Å². The van der Waals surface area contributed by atoms with Crippen molar-refractivity contribution in [3.05, 3.63) is 0 Å². The van der Waals surface area contributed by atoms with E-state index in [4.69, 9.17) is 4.74 Å². The molecule has 2 fully saturated rings. The monoisotopic (exact) mass is 254 g/mol. The molecule has 0 aromatic heterocycles. The van der Waals surface area contributed by atoms with Crippen molar-refractivity contribution in [1.29, 1.82) is 0 Å². The third-order valence-corrected chi connectivity index (χ3v) is 4.63. The molecule has 2 aliphatic heterocycles. The minimum absolute atomic E-state index is 0.0576. The lowest BCUT2D eigenvalue weighted by Crippen LogP contribution is -2.60. The number of nitrogens with one attached hydrogen (secondary N) is 1. The first-order valence-corrected chi connectivity index (χ1v) is 7.17. The molecule has 4 nitrogen and oxygen atoms in total. The van der Waals surface area contributed by atoms with Gasteiger partial charge >= 0.3 is 5.97 Å². The number of hydrogen-bond acceptors (Lipinski definition) is 4. The van der Waals surface area contributed by atoms with Crippen molar-refractivity contribution < 1.29 is 9.53 Å². The van der Waals surface area contributed by atoms with E-state index in [0.29, 0.717) is 12.0 Å². The fourth-order valence-corrected chi connectivity index (χ4v) is 3.46. The van der Waals surface area contributed by atoms with Crippen LogP contribution in [0.3, 0.4) is 0 Å². The average molecular weight is 254 g/mol.